The van der Waals surface area contributed by atoms with Crippen molar-refractivity contribution in [3.63, 3.8) is 0 Å². The molecule has 3 aromatic rings. The maximum absolute atomic E-state index is 11.9. The third kappa shape index (κ3) is 4.12. The molecule has 3 heterocycles. The molecule has 0 bridgehead atoms. The van der Waals surface area contributed by atoms with Crippen molar-refractivity contribution in [2.24, 2.45) is 0 Å². The number of hydrogen-bond acceptors (Lipinski definition) is 6. The third-order valence-electron chi connectivity index (χ3n) is 5.16. The van der Waals surface area contributed by atoms with Crippen molar-refractivity contribution in [1.29, 1.82) is 0 Å². The van der Waals surface area contributed by atoms with Crippen LogP contribution in [0.3, 0.4) is 0 Å². The molecule has 0 saturated carbocycles. The van der Waals surface area contributed by atoms with Crippen LogP contribution in [0.2, 0.25) is 0 Å². The van der Waals surface area contributed by atoms with Crippen LogP contribution in [0.25, 0.3) is 11.0 Å². The Bertz CT molecular complexity index is 1180. The zero-order valence-corrected chi connectivity index (χ0v) is 16.1. The van der Waals surface area contributed by atoms with Crippen molar-refractivity contribution in [2.75, 3.05) is 38.1 Å². The zero-order chi connectivity index (χ0) is 22.9. The van der Waals surface area contributed by atoms with Crippen LogP contribution < -0.4 is 15.8 Å². The Morgan fingerprint density at radius 2 is 2.07 bits per heavy atom. The number of aromatic amines is 1. The number of aromatic nitrogens is 3. The van der Waals surface area contributed by atoms with Crippen LogP contribution in [0.4, 0.5) is 5.69 Å². The molecule has 8 heteroatoms. The number of nitrogens with zero attached hydrogens (tertiary/aromatic N) is 4. The standard InChI is InChI=1S/C21H24N6O2/c1-14-20(28)25-19-11-15(3-5-17(19)24-14)13-26-7-9-27(10-8-26)16-4-6-18(23-12-16)21(29)22-2/h3-6,11-12H,7-10,13H2,1-2H3,(H,22,29)(H,25,28)/i2D3. The van der Waals surface area contributed by atoms with Crippen molar-refractivity contribution in [3.8, 4) is 0 Å². The van der Waals surface area contributed by atoms with Crippen LogP contribution in [0.5, 0.6) is 0 Å². The summed E-state index contributed by atoms with van der Waals surface area (Å²) in [6.45, 7) is 3.22. The number of carbonyl (C=O) groups is 1. The van der Waals surface area contributed by atoms with Crippen molar-refractivity contribution in [3.05, 3.63) is 63.8 Å². The van der Waals surface area contributed by atoms with Gasteiger partial charge in [0.25, 0.3) is 11.5 Å². The molecule has 2 N–H and O–H groups in total. The number of benzene rings is 1. The summed E-state index contributed by atoms with van der Waals surface area (Å²) >= 11 is 0. The first-order chi connectivity index (χ1) is 15.2. The first-order valence-corrected chi connectivity index (χ1v) is 9.43. The lowest BCUT2D eigenvalue weighted by Crippen LogP contribution is -2.46. The van der Waals surface area contributed by atoms with Gasteiger partial charge >= 0.3 is 0 Å². The highest BCUT2D eigenvalue weighted by Crippen LogP contribution is 2.18. The number of amides is 1. The molecule has 2 aromatic heterocycles. The first kappa shape index (κ1) is 15.6. The van der Waals surface area contributed by atoms with Gasteiger partial charge in [0.05, 0.1) is 22.9 Å². The SMILES string of the molecule is [2H]C([2H])([2H])NC(=O)c1ccc(N2CCN(Cc3ccc4nc(C)c(=O)[nH]c4c3)CC2)cn1. The number of nitrogens with one attached hydrogen (secondary N) is 2. The number of anilines is 1. The largest absolute Gasteiger partial charge is 0.368 e. The highest BCUT2D eigenvalue weighted by atomic mass is 16.1. The predicted molar refractivity (Wildman–Crippen MR) is 112 cm³/mol. The van der Waals surface area contributed by atoms with E-state index in [9.17, 15) is 9.59 Å². The van der Waals surface area contributed by atoms with E-state index in [2.05, 4.69) is 24.8 Å². The summed E-state index contributed by atoms with van der Waals surface area (Å²) in [5.74, 6) is -0.719. The number of carbonyl (C=O) groups excluding carboxylic acids is 1. The van der Waals surface area contributed by atoms with Gasteiger partial charge in [0.1, 0.15) is 11.4 Å². The molecule has 150 valence electrons. The summed E-state index contributed by atoms with van der Waals surface area (Å²) in [5.41, 5.74) is 3.88. The Balaban J connectivity index is 1.35. The Kier molecular flexibility index (Phi) is 4.32. The average Bonchev–Trinajstić information content (AvgIpc) is 2.74. The van der Waals surface area contributed by atoms with Gasteiger partial charge in [0.2, 0.25) is 0 Å². The minimum Gasteiger partial charge on any atom is -0.368 e. The quantitative estimate of drug-likeness (QED) is 0.692. The second-order valence-electron chi connectivity index (χ2n) is 7.12. The molecule has 8 nitrogen and oxygen atoms in total. The highest BCUT2D eigenvalue weighted by Gasteiger charge is 2.18. The molecule has 1 aliphatic heterocycles. The van der Waals surface area contributed by atoms with E-state index >= 15 is 0 Å². The smallest absolute Gasteiger partial charge is 0.269 e. The molecule has 0 unspecified atom stereocenters. The van der Waals surface area contributed by atoms with Gasteiger partial charge in [-0.25, -0.2) is 9.97 Å². The second kappa shape index (κ2) is 8.00. The molecule has 1 fully saturated rings. The van der Waals surface area contributed by atoms with E-state index in [4.69, 9.17) is 4.11 Å². The monoisotopic (exact) mass is 395 g/mol. The maximum Gasteiger partial charge on any atom is 0.269 e. The predicted octanol–water partition coefficient (Wildman–Crippen LogP) is 1.31. The van der Waals surface area contributed by atoms with Crippen molar-refractivity contribution < 1.29 is 8.91 Å². The third-order valence-corrected chi connectivity index (χ3v) is 5.16. The number of H-pyrrole nitrogens is 1. The molecule has 1 amide bonds. The lowest BCUT2D eigenvalue weighted by Gasteiger charge is -2.36. The molecular weight excluding hydrogens is 368 g/mol. The van der Waals surface area contributed by atoms with Gasteiger partial charge in [-0.15, -0.1) is 0 Å². The minimum atomic E-state index is -2.54. The zero-order valence-electron chi connectivity index (χ0n) is 19.1. The first-order valence-electron chi connectivity index (χ1n) is 10.9. The normalized spacial score (nSPS) is 16.9. The van der Waals surface area contributed by atoms with Crippen molar-refractivity contribution in [2.45, 2.75) is 13.5 Å². The fourth-order valence-electron chi connectivity index (χ4n) is 3.52. The second-order valence-corrected chi connectivity index (χ2v) is 7.12. The summed E-state index contributed by atoms with van der Waals surface area (Å²) in [4.78, 5) is 39.6. The van der Waals surface area contributed by atoms with E-state index < -0.39 is 12.9 Å². The fraction of sp³-hybridized carbons (Fsp3) is 0.333. The van der Waals surface area contributed by atoms with Crippen LogP contribution >= 0.6 is 0 Å². The molecule has 0 aliphatic carbocycles. The molecule has 0 radical (unpaired) electrons. The number of aryl methyl sites for hydroxylation is 1. The number of rotatable bonds is 4. The Labute approximate surface area is 172 Å². The van der Waals surface area contributed by atoms with E-state index in [1.165, 1.54) is 6.07 Å². The number of fused-ring (bicyclic) bond motifs is 1. The molecule has 1 aromatic carbocycles. The van der Waals surface area contributed by atoms with E-state index in [0.29, 0.717) is 5.69 Å². The van der Waals surface area contributed by atoms with Crippen LogP contribution in [-0.2, 0) is 6.54 Å². The van der Waals surface area contributed by atoms with Gasteiger partial charge in [-0.05, 0) is 36.8 Å². The highest BCUT2D eigenvalue weighted by molar-refractivity contribution is 5.92. The van der Waals surface area contributed by atoms with E-state index in [1.807, 2.05) is 23.5 Å². The molecule has 1 aliphatic rings. The Morgan fingerprint density at radius 1 is 1.24 bits per heavy atom. The van der Waals surface area contributed by atoms with E-state index in [0.717, 1.165) is 55.0 Å². The van der Waals surface area contributed by atoms with Crippen LogP contribution in [-0.4, -0.2) is 58.9 Å². The molecule has 29 heavy (non-hydrogen) atoms. The molecule has 0 atom stereocenters. The van der Waals surface area contributed by atoms with Crippen molar-refractivity contribution in [1.82, 2.24) is 25.2 Å². The van der Waals surface area contributed by atoms with Gasteiger partial charge in [-0.1, -0.05) is 6.07 Å². The summed E-state index contributed by atoms with van der Waals surface area (Å²) in [7, 11) is 0. The average molecular weight is 395 g/mol. The van der Waals surface area contributed by atoms with E-state index in [1.54, 1.807) is 19.2 Å². The topological polar surface area (TPSA) is 94.2 Å². The van der Waals surface area contributed by atoms with Gasteiger partial charge in [-0.2, -0.15) is 0 Å². The molecule has 0 spiro atoms. The number of pyridine rings is 1. The number of hydrogen-bond donors (Lipinski definition) is 2. The Hall–Kier alpha value is -3.26. The lowest BCUT2D eigenvalue weighted by molar-refractivity contribution is 0.0958. The van der Waals surface area contributed by atoms with E-state index in [-0.39, 0.29) is 11.3 Å². The van der Waals surface area contributed by atoms with Crippen LogP contribution in [0, 0.1) is 6.92 Å². The fourth-order valence-corrected chi connectivity index (χ4v) is 3.52. The summed E-state index contributed by atoms with van der Waals surface area (Å²) in [6.07, 6.45) is 1.60. The van der Waals surface area contributed by atoms with Gasteiger partial charge in [0, 0.05) is 43.8 Å². The van der Waals surface area contributed by atoms with Crippen LogP contribution in [0.15, 0.2) is 41.3 Å². The molecular formula is C21H24N6O2. The number of piperazine rings is 1. The Morgan fingerprint density at radius 3 is 2.79 bits per heavy atom. The molecule has 1 saturated heterocycles. The lowest BCUT2D eigenvalue weighted by atomic mass is 10.1. The summed E-state index contributed by atoms with van der Waals surface area (Å²) in [6, 6.07) is 9.26. The van der Waals surface area contributed by atoms with Gasteiger partial charge in [0.15, 0.2) is 0 Å². The maximum atomic E-state index is 11.9. The summed E-state index contributed by atoms with van der Waals surface area (Å²) < 4.78 is 21.3. The van der Waals surface area contributed by atoms with Gasteiger partial charge in [-0.3, -0.25) is 14.5 Å². The summed E-state index contributed by atoms with van der Waals surface area (Å²) in [5, 5.41) is 1.94. The minimum absolute atomic E-state index is 0.0718. The van der Waals surface area contributed by atoms with Gasteiger partial charge < -0.3 is 15.2 Å². The van der Waals surface area contributed by atoms with Crippen molar-refractivity contribution >= 4 is 22.6 Å². The molecule has 4 rings (SSSR count). The van der Waals surface area contributed by atoms with Crippen LogP contribution in [0.1, 0.15) is 25.9 Å².